The van der Waals surface area contributed by atoms with Crippen LogP contribution in [-0.4, -0.2) is 20.1 Å². The van der Waals surface area contributed by atoms with Gasteiger partial charge in [-0.25, -0.2) is 0 Å². The van der Waals surface area contributed by atoms with Crippen molar-refractivity contribution in [3.63, 3.8) is 0 Å². The Balaban J connectivity index is 2.29. The Labute approximate surface area is 147 Å². The van der Waals surface area contributed by atoms with Crippen molar-refractivity contribution in [1.29, 1.82) is 0 Å². The van der Waals surface area contributed by atoms with Crippen molar-refractivity contribution in [2.75, 3.05) is 19.5 Å². The highest BCUT2D eigenvalue weighted by Crippen LogP contribution is 2.33. The van der Waals surface area contributed by atoms with Crippen LogP contribution in [0.25, 0.3) is 0 Å². The van der Waals surface area contributed by atoms with Crippen molar-refractivity contribution < 1.29 is 14.3 Å². The maximum Gasteiger partial charge on any atom is 0.255 e. The zero-order chi connectivity index (χ0) is 16.3. The molecule has 0 aliphatic carbocycles. The standard InChI is InChI=1S/C16H15ClINO3/c1-9-6-14(21-2)15(22-3)8-13(9)19-16(20)10-4-5-11(17)12(18)7-10/h4-8H,1-3H3,(H,19,20). The molecule has 0 aromatic heterocycles. The molecular formula is C16H15ClINO3. The number of aryl methyl sites for hydroxylation is 1. The summed E-state index contributed by atoms with van der Waals surface area (Å²) in [6, 6.07) is 8.71. The second-order valence-corrected chi connectivity index (χ2v) is 6.17. The number of carbonyl (C=O) groups excluding carboxylic acids is 1. The van der Waals surface area contributed by atoms with Gasteiger partial charge in [0, 0.05) is 20.9 Å². The third-order valence-corrected chi connectivity index (χ3v) is 4.70. The number of methoxy groups -OCH3 is 2. The summed E-state index contributed by atoms with van der Waals surface area (Å²) in [5.74, 6) is 0.984. The lowest BCUT2D eigenvalue weighted by molar-refractivity contribution is 0.102. The maximum absolute atomic E-state index is 12.4. The summed E-state index contributed by atoms with van der Waals surface area (Å²) in [7, 11) is 3.13. The Morgan fingerprint density at radius 2 is 1.77 bits per heavy atom. The first-order valence-corrected chi connectivity index (χ1v) is 7.91. The molecule has 2 aromatic carbocycles. The molecule has 0 aliphatic heterocycles. The van der Waals surface area contributed by atoms with Crippen LogP contribution in [0.1, 0.15) is 15.9 Å². The minimum absolute atomic E-state index is 0.204. The van der Waals surface area contributed by atoms with Crippen LogP contribution >= 0.6 is 34.2 Å². The number of halogens is 2. The summed E-state index contributed by atoms with van der Waals surface area (Å²) in [4.78, 5) is 12.4. The van der Waals surface area contributed by atoms with Gasteiger partial charge < -0.3 is 14.8 Å². The van der Waals surface area contributed by atoms with Crippen LogP contribution in [0.15, 0.2) is 30.3 Å². The number of rotatable bonds is 4. The van der Waals surface area contributed by atoms with E-state index in [0.717, 1.165) is 9.13 Å². The summed E-state index contributed by atoms with van der Waals surface area (Å²) >= 11 is 8.07. The lowest BCUT2D eigenvalue weighted by atomic mass is 10.1. The molecule has 0 radical (unpaired) electrons. The second kappa shape index (κ2) is 7.19. The van der Waals surface area contributed by atoms with Gasteiger partial charge in [-0.05, 0) is 59.3 Å². The van der Waals surface area contributed by atoms with Crippen molar-refractivity contribution >= 4 is 45.8 Å². The van der Waals surface area contributed by atoms with E-state index in [-0.39, 0.29) is 5.91 Å². The molecule has 0 heterocycles. The van der Waals surface area contributed by atoms with E-state index in [2.05, 4.69) is 27.9 Å². The highest BCUT2D eigenvalue weighted by Gasteiger charge is 2.13. The van der Waals surface area contributed by atoms with Crippen molar-refractivity contribution in [2.24, 2.45) is 0 Å². The van der Waals surface area contributed by atoms with E-state index >= 15 is 0 Å². The van der Waals surface area contributed by atoms with E-state index in [1.165, 1.54) is 0 Å². The molecule has 4 nitrogen and oxygen atoms in total. The Morgan fingerprint density at radius 3 is 2.36 bits per heavy atom. The number of nitrogens with one attached hydrogen (secondary N) is 1. The number of anilines is 1. The molecule has 1 amide bonds. The first kappa shape index (κ1) is 16.9. The molecule has 0 spiro atoms. The lowest BCUT2D eigenvalue weighted by Crippen LogP contribution is -2.13. The molecule has 0 atom stereocenters. The topological polar surface area (TPSA) is 47.6 Å². The van der Waals surface area contributed by atoms with Crippen LogP contribution in [-0.2, 0) is 0 Å². The predicted octanol–water partition coefficient (Wildman–Crippen LogP) is 4.52. The predicted molar refractivity (Wildman–Crippen MR) is 96.4 cm³/mol. The summed E-state index contributed by atoms with van der Waals surface area (Å²) < 4.78 is 11.3. The number of hydrogen-bond acceptors (Lipinski definition) is 3. The normalized spacial score (nSPS) is 10.2. The van der Waals surface area contributed by atoms with Gasteiger partial charge in [-0.3, -0.25) is 4.79 Å². The first-order chi connectivity index (χ1) is 10.5. The third kappa shape index (κ3) is 3.64. The number of carbonyl (C=O) groups is 1. The molecular weight excluding hydrogens is 417 g/mol. The largest absolute Gasteiger partial charge is 0.493 e. The van der Waals surface area contributed by atoms with E-state index in [0.29, 0.717) is 27.8 Å². The van der Waals surface area contributed by atoms with Crippen molar-refractivity contribution in [3.05, 3.63) is 50.1 Å². The fourth-order valence-corrected chi connectivity index (χ4v) is 2.58. The Morgan fingerprint density at radius 1 is 1.14 bits per heavy atom. The van der Waals surface area contributed by atoms with Gasteiger partial charge in [-0.15, -0.1) is 0 Å². The number of benzene rings is 2. The quantitative estimate of drug-likeness (QED) is 0.724. The Hall–Kier alpha value is -1.47. The van der Waals surface area contributed by atoms with Gasteiger partial charge in [0.2, 0.25) is 0 Å². The smallest absolute Gasteiger partial charge is 0.255 e. The summed E-state index contributed by atoms with van der Waals surface area (Å²) in [5.41, 5.74) is 2.10. The Bertz CT molecular complexity index is 719. The van der Waals surface area contributed by atoms with Crippen LogP contribution in [0.5, 0.6) is 11.5 Å². The highest BCUT2D eigenvalue weighted by molar-refractivity contribution is 14.1. The zero-order valence-electron chi connectivity index (χ0n) is 12.4. The average Bonchev–Trinajstić information content (AvgIpc) is 2.51. The van der Waals surface area contributed by atoms with Crippen LogP contribution in [0.4, 0.5) is 5.69 Å². The zero-order valence-corrected chi connectivity index (χ0v) is 15.3. The van der Waals surface area contributed by atoms with Gasteiger partial charge >= 0.3 is 0 Å². The van der Waals surface area contributed by atoms with Gasteiger partial charge in [0.25, 0.3) is 5.91 Å². The molecule has 0 bridgehead atoms. The van der Waals surface area contributed by atoms with E-state index in [1.54, 1.807) is 38.5 Å². The number of ether oxygens (including phenoxy) is 2. The average molecular weight is 432 g/mol. The van der Waals surface area contributed by atoms with Gasteiger partial charge in [-0.1, -0.05) is 11.6 Å². The van der Waals surface area contributed by atoms with Crippen molar-refractivity contribution in [3.8, 4) is 11.5 Å². The SMILES string of the molecule is COc1cc(C)c(NC(=O)c2ccc(Cl)c(I)c2)cc1OC. The fraction of sp³-hybridized carbons (Fsp3) is 0.188. The van der Waals surface area contributed by atoms with Crippen LogP contribution in [0, 0.1) is 10.5 Å². The van der Waals surface area contributed by atoms with Crippen LogP contribution in [0.3, 0.4) is 0 Å². The lowest BCUT2D eigenvalue weighted by Gasteiger charge is -2.14. The fourth-order valence-electron chi connectivity index (χ4n) is 1.95. The van der Waals surface area contributed by atoms with E-state index in [9.17, 15) is 4.79 Å². The third-order valence-electron chi connectivity index (χ3n) is 3.16. The van der Waals surface area contributed by atoms with Crippen molar-refractivity contribution in [1.82, 2.24) is 0 Å². The molecule has 2 rings (SSSR count). The molecule has 116 valence electrons. The molecule has 6 heteroatoms. The summed E-state index contributed by atoms with van der Waals surface area (Å²) in [6.07, 6.45) is 0. The van der Waals surface area contributed by atoms with E-state index in [4.69, 9.17) is 21.1 Å². The summed E-state index contributed by atoms with van der Waals surface area (Å²) in [5, 5.41) is 3.50. The minimum Gasteiger partial charge on any atom is -0.493 e. The van der Waals surface area contributed by atoms with E-state index in [1.807, 2.05) is 13.0 Å². The van der Waals surface area contributed by atoms with Crippen molar-refractivity contribution in [2.45, 2.75) is 6.92 Å². The molecule has 0 saturated heterocycles. The molecule has 22 heavy (non-hydrogen) atoms. The van der Waals surface area contributed by atoms with Gasteiger partial charge in [0.15, 0.2) is 11.5 Å². The first-order valence-electron chi connectivity index (χ1n) is 6.45. The molecule has 0 unspecified atom stereocenters. The molecule has 0 saturated carbocycles. The molecule has 1 N–H and O–H groups in total. The van der Waals surface area contributed by atoms with Gasteiger partial charge in [0.05, 0.1) is 19.2 Å². The number of hydrogen-bond donors (Lipinski definition) is 1. The Kier molecular flexibility index (Phi) is 5.52. The monoisotopic (exact) mass is 431 g/mol. The summed E-state index contributed by atoms with van der Waals surface area (Å²) in [6.45, 7) is 1.89. The van der Waals surface area contributed by atoms with Crippen LogP contribution in [0.2, 0.25) is 5.02 Å². The number of amides is 1. The van der Waals surface area contributed by atoms with Gasteiger partial charge in [-0.2, -0.15) is 0 Å². The maximum atomic E-state index is 12.4. The molecule has 0 fully saturated rings. The highest BCUT2D eigenvalue weighted by atomic mass is 127. The van der Waals surface area contributed by atoms with Crippen LogP contribution < -0.4 is 14.8 Å². The van der Waals surface area contributed by atoms with Gasteiger partial charge in [0.1, 0.15) is 0 Å². The molecule has 2 aromatic rings. The second-order valence-electron chi connectivity index (χ2n) is 4.61. The molecule has 0 aliphatic rings. The van der Waals surface area contributed by atoms with E-state index < -0.39 is 0 Å². The minimum atomic E-state index is -0.204.